The van der Waals surface area contributed by atoms with Crippen LogP contribution in [0.5, 0.6) is 0 Å². The van der Waals surface area contributed by atoms with Crippen molar-refractivity contribution < 1.29 is 9.90 Å². The number of rotatable bonds is 3. The fourth-order valence-corrected chi connectivity index (χ4v) is 2.57. The molecule has 1 atom stereocenters. The molecule has 1 aliphatic heterocycles. The fourth-order valence-electron chi connectivity index (χ4n) is 2.26. The van der Waals surface area contributed by atoms with Crippen LogP contribution in [-0.2, 0) is 0 Å². The minimum atomic E-state index is -1.03. The lowest BCUT2D eigenvalue weighted by Gasteiger charge is -2.22. The van der Waals surface area contributed by atoms with Crippen molar-refractivity contribution in [3.63, 3.8) is 0 Å². The molecule has 1 unspecified atom stereocenters. The molecule has 0 fully saturated rings. The molecule has 0 spiro atoms. The van der Waals surface area contributed by atoms with E-state index in [1.54, 1.807) is 11.5 Å². The van der Waals surface area contributed by atoms with Gasteiger partial charge in [0.2, 0.25) is 0 Å². The molecule has 2 rings (SSSR count). The number of carboxylic acid groups (broad SMARTS) is 1. The average molecular weight is 296 g/mol. The lowest BCUT2D eigenvalue weighted by Crippen LogP contribution is -2.26. The van der Waals surface area contributed by atoms with E-state index >= 15 is 0 Å². The number of imidazole rings is 1. The summed E-state index contributed by atoms with van der Waals surface area (Å²) in [6.07, 6.45) is 5.14. The van der Waals surface area contributed by atoms with Crippen LogP contribution >= 0.6 is 11.6 Å². The van der Waals surface area contributed by atoms with Crippen molar-refractivity contribution in [3.8, 4) is 0 Å². The van der Waals surface area contributed by atoms with Crippen molar-refractivity contribution in [2.24, 2.45) is 0 Å². The number of hydrogen-bond donors (Lipinski definition) is 2. The van der Waals surface area contributed by atoms with Crippen LogP contribution in [0.3, 0.4) is 0 Å². The maximum absolute atomic E-state index is 11.0. The molecule has 0 aromatic carbocycles. The van der Waals surface area contributed by atoms with Gasteiger partial charge in [-0.1, -0.05) is 24.6 Å². The third-order valence-electron chi connectivity index (χ3n) is 3.52. The van der Waals surface area contributed by atoms with E-state index in [4.69, 9.17) is 16.7 Å². The monoisotopic (exact) mass is 295 g/mol. The number of nitrogens with one attached hydrogen (secondary N) is 1. The summed E-state index contributed by atoms with van der Waals surface area (Å²) in [7, 11) is 0. The smallest absolute Gasteiger partial charge is 0.356 e. The Morgan fingerprint density at radius 1 is 1.60 bits per heavy atom. The second-order valence-corrected chi connectivity index (χ2v) is 5.23. The van der Waals surface area contributed by atoms with Crippen molar-refractivity contribution in [3.05, 3.63) is 40.1 Å². The zero-order valence-electron chi connectivity index (χ0n) is 11.8. The second kappa shape index (κ2) is 5.71. The summed E-state index contributed by atoms with van der Waals surface area (Å²) in [5.41, 5.74) is 2.27. The SMILES string of the molecule is CCC1=C(Cl)NC(n2cc(C(=O)O)nc2C)C(C)=CC1. The molecule has 0 radical (unpaired) electrons. The third kappa shape index (κ3) is 2.72. The summed E-state index contributed by atoms with van der Waals surface area (Å²) in [4.78, 5) is 15.1. The highest BCUT2D eigenvalue weighted by atomic mass is 35.5. The highest BCUT2D eigenvalue weighted by Gasteiger charge is 2.21. The van der Waals surface area contributed by atoms with Crippen LogP contribution in [-0.4, -0.2) is 20.6 Å². The predicted molar refractivity (Wildman–Crippen MR) is 77.6 cm³/mol. The van der Waals surface area contributed by atoms with Gasteiger partial charge < -0.3 is 15.0 Å². The predicted octanol–water partition coefficient (Wildman–Crippen LogP) is 3.19. The maximum atomic E-state index is 11.0. The zero-order chi connectivity index (χ0) is 14.9. The van der Waals surface area contributed by atoms with Gasteiger partial charge in [-0.3, -0.25) is 0 Å². The van der Waals surface area contributed by atoms with E-state index in [1.165, 1.54) is 6.20 Å². The summed E-state index contributed by atoms with van der Waals surface area (Å²) < 4.78 is 1.80. The normalized spacial score (nSPS) is 19.4. The number of allylic oxidation sites excluding steroid dienone is 2. The number of aromatic carboxylic acids is 1. The Kier molecular flexibility index (Phi) is 4.18. The van der Waals surface area contributed by atoms with E-state index < -0.39 is 5.97 Å². The average Bonchev–Trinajstić information content (AvgIpc) is 2.71. The summed E-state index contributed by atoms with van der Waals surface area (Å²) in [5.74, 6) is -0.393. The van der Waals surface area contributed by atoms with Crippen molar-refractivity contribution in [2.45, 2.75) is 39.8 Å². The maximum Gasteiger partial charge on any atom is 0.356 e. The molecule has 0 saturated heterocycles. The van der Waals surface area contributed by atoms with Crippen molar-refractivity contribution >= 4 is 17.6 Å². The lowest BCUT2D eigenvalue weighted by atomic mass is 10.1. The molecule has 6 heteroatoms. The third-order valence-corrected chi connectivity index (χ3v) is 3.89. The number of nitrogens with zero attached hydrogens (tertiary/aromatic N) is 2. The molecule has 108 valence electrons. The highest BCUT2D eigenvalue weighted by molar-refractivity contribution is 6.29. The van der Waals surface area contributed by atoms with Crippen LogP contribution in [0.15, 0.2) is 28.6 Å². The minimum absolute atomic E-state index is 0.0390. The molecule has 2 heterocycles. The first-order valence-corrected chi connectivity index (χ1v) is 6.91. The standard InChI is InChI=1S/C14H18ClN3O2/c1-4-10-6-5-8(2)13(17-12(10)15)18-7-11(14(19)20)16-9(18)3/h5,7,13,17H,4,6H2,1-3H3,(H,19,20). The summed E-state index contributed by atoms with van der Waals surface area (Å²) >= 11 is 6.30. The molecule has 1 aromatic heterocycles. The molecule has 5 nitrogen and oxygen atoms in total. The summed E-state index contributed by atoms with van der Waals surface area (Å²) in [5, 5.41) is 12.9. The van der Waals surface area contributed by atoms with Gasteiger partial charge in [0.1, 0.15) is 17.1 Å². The van der Waals surface area contributed by atoms with Crippen LogP contribution in [0, 0.1) is 6.92 Å². The lowest BCUT2D eigenvalue weighted by molar-refractivity contribution is 0.0691. The van der Waals surface area contributed by atoms with E-state index in [0.717, 1.165) is 24.0 Å². The Morgan fingerprint density at radius 2 is 2.30 bits per heavy atom. The first-order chi connectivity index (χ1) is 9.43. The zero-order valence-corrected chi connectivity index (χ0v) is 12.5. The number of hydrogen-bond acceptors (Lipinski definition) is 3. The largest absolute Gasteiger partial charge is 0.476 e. The summed E-state index contributed by atoms with van der Waals surface area (Å²) in [6, 6.07) is 0. The van der Waals surface area contributed by atoms with Crippen LogP contribution in [0.4, 0.5) is 0 Å². The fraction of sp³-hybridized carbons (Fsp3) is 0.429. The Morgan fingerprint density at radius 3 is 2.85 bits per heavy atom. The molecular weight excluding hydrogens is 278 g/mol. The van der Waals surface area contributed by atoms with E-state index in [-0.39, 0.29) is 11.9 Å². The van der Waals surface area contributed by atoms with Crippen LogP contribution < -0.4 is 5.32 Å². The molecule has 0 aliphatic carbocycles. The number of aryl methyl sites for hydroxylation is 1. The number of halogens is 1. The van der Waals surface area contributed by atoms with Gasteiger partial charge in [-0.15, -0.1) is 0 Å². The number of aromatic nitrogens is 2. The molecule has 0 amide bonds. The van der Waals surface area contributed by atoms with Crippen LogP contribution in [0.25, 0.3) is 0 Å². The molecule has 2 N–H and O–H groups in total. The quantitative estimate of drug-likeness (QED) is 0.664. The topological polar surface area (TPSA) is 67.2 Å². The van der Waals surface area contributed by atoms with Crippen molar-refractivity contribution in [1.29, 1.82) is 0 Å². The van der Waals surface area contributed by atoms with E-state index in [9.17, 15) is 4.79 Å². The van der Waals surface area contributed by atoms with Crippen LogP contribution in [0.2, 0.25) is 0 Å². The molecule has 20 heavy (non-hydrogen) atoms. The van der Waals surface area contributed by atoms with Gasteiger partial charge in [0.25, 0.3) is 0 Å². The van der Waals surface area contributed by atoms with E-state index in [0.29, 0.717) is 11.0 Å². The van der Waals surface area contributed by atoms with Gasteiger partial charge in [-0.25, -0.2) is 9.78 Å². The Bertz CT molecular complexity index is 602. The van der Waals surface area contributed by atoms with Gasteiger partial charge in [-0.05, 0) is 37.8 Å². The molecule has 0 bridgehead atoms. The van der Waals surface area contributed by atoms with Crippen molar-refractivity contribution in [1.82, 2.24) is 14.9 Å². The summed E-state index contributed by atoms with van der Waals surface area (Å²) in [6.45, 7) is 5.85. The van der Waals surface area contributed by atoms with Crippen molar-refractivity contribution in [2.75, 3.05) is 0 Å². The Balaban J connectivity index is 2.41. The first-order valence-electron chi connectivity index (χ1n) is 6.53. The highest BCUT2D eigenvalue weighted by Crippen LogP contribution is 2.27. The minimum Gasteiger partial charge on any atom is -0.476 e. The number of carboxylic acids is 1. The van der Waals surface area contributed by atoms with Gasteiger partial charge >= 0.3 is 5.97 Å². The Labute approximate surface area is 123 Å². The molecule has 1 aromatic rings. The van der Waals surface area contributed by atoms with E-state index in [2.05, 4.69) is 23.3 Å². The first kappa shape index (κ1) is 14.7. The molecule has 1 aliphatic rings. The van der Waals surface area contributed by atoms with Gasteiger partial charge in [0.05, 0.1) is 0 Å². The van der Waals surface area contributed by atoms with Gasteiger partial charge in [-0.2, -0.15) is 0 Å². The van der Waals surface area contributed by atoms with Gasteiger partial charge in [0.15, 0.2) is 5.69 Å². The van der Waals surface area contributed by atoms with Crippen LogP contribution in [0.1, 0.15) is 49.2 Å². The van der Waals surface area contributed by atoms with Gasteiger partial charge in [0, 0.05) is 6.20 Å². The molecule has 0 saturated carbocycles. The number of carbonyl (C=O) groups is 1. The second-order valence-electron chi connectivity index (χ2n) is 4.86. The molecular formula is C14H18ClN3O2. The Hall–Kier alpha value is -1.75. The van der Waals surface area contributed by atoms with E-state index in [1.807, 2.05) is 6.92 Å².